The van der Waals surface area contributed by atoms with Crippen LogP contribution < -0.4 is 5.32 Å². The van der Waals surface area contributed by atoms with Crippen molar-refractivity contribution in [1.29, 1.82) is 0 Å². The first-order valence-corrected chi connectivity index (χ1v) is 6.22. The number of hydrogen-bond acceptors (Lipinski definition) is 1. The Morgan fingerprint density at radius 3 is 2.94 bits per heavy atom. The maximum Gasteiger partial charge on any atom is 0.123 e. The Morgan fingerprint density at radius 1 is 1.44 bits per heavy atom. The molecule has 1 aliphatic carbocycles. The molecule has 1 nitrogen and oxygen atoms in total. The van der Waals surface area contributed by atoms with Crippen molar-refractivity contribution in [3.8, 4) is 0 Å². The lowest BCUT2D eigenvalue weighted by Gasteiger charge is -2.13. The molecule has 0 saturated heterocycles. The SMILES string of the molecule is CC(CC1CC1)NCCc1cccc(F)c1. The fourth-order valence-corrected chi connectivity index (χ4v) is 2.09. The molecule has 1 N–H and O–H groups in total. The molecule has 0 radical (unpaired) electrons. The monoisotopic (exact) mass is 221 g/mol. The van der Waals surface area contributed by atoms with Crippen molar-refractivity contribution in [3.05, 3.63) is 35.6 Å². The molecule has 0 spiro atoms. The summed E-state index contributed by atoms with van der Waals surface area (Å²) in [6.45, 7) is 3.18. The third-order valence-corrected chi connectivity index (χ3v) is 3.18. The largest absolute Gasteiger partial charge is 0.314 e. The highest BCUT2D eigenvalue weighted by atomic mass is 19.1. The van der Waals surface area contributed by atoms with Crippen LogP contribution in [0.1, 0.15) is 31.7 Å². The van der Waals surface area contributed by atoms with Gasteiger partial charge >= 0.3 is 0 Å². The Balaban J connectivity index is 1.66. The van der Waals surface area contributed by atoms with Gasteiger partial charge in [0.1, 0.15) is 5.82 Å². The standard InChI is InChI=1S/C14H20FN/c1-11(9-13-5-6-13)16-8-7-12-3-2-4-14(15)10-12/h2-4,10-11,13,16H,5-9H2,1H3. The zero-order valence-corrected chi connectivity index (χ0v) is 9.88. The van der Waals surface area contributed by atoms with Crippen LogP contribution in [-0.2, 0) is 6.42 Å². The molecule has 2 heteroatoms. The second-order valence-electron chi connectivity index (χ2n) is 4.91. The zero-order valence-electron chi connectivity index (χ0n) is 9.88. The summed E-state index contributed by atoms with van der Waals surface area (Å²) in [6.07, 6.45) is 5.03. The van der Waals surface area contributed by atoms with Gasteiger partial charge in [0.2, 0.25) is 0 Å². The lowest BCUT2D eigenvalue weighted by molar-refractivity contribution is 0.491. The summed E-state index contributed by atoms with van der Waals surface area (Å²) in [4.78, 5) is 0. The molecule has 0 heterocycles. The van der Waals surface area contributed by atoms with Gasteiger partial charge in [-0.3, -0.25) is 0 Å². The van der Waals surface area contributed by atoms with Crippen LogP contribution in [0.15, 0.2) is 24.3 Å². The van der Waals surface area contributed by atoms with Gasteiger partial charge in [-0.05, 0) is 49.9 Å². The molecule has 1 unspecified atom stereocenters. The molecule has 1 aromatic rings. The minimum absolute atomic E-state index is 0.136. The highest BCUT2D eigenvalue weighted by Gasteiger charge is 2.22. The van der Waals surface area contributed by atoms with Crippen LogP contribution in [0.4, 0.5) is 4.39 Å². The molecule has 0 aromatic heterocycles. The Labute approximate surface area is 97.1 Å². The molecule has 16 heavy (non-hydrogen) atoms. The first kappa shape index (κ1) is 11.6. The molecular weight excluding hydrogens is 201 g/mol. The Kier molecular flexibility index (Phi) is 3.94. The van der Waals surface area contributed by atoms with Crippen molar-refractivity contribution in [2.24, 2.45) is 5.92 Å². The average molecular weight is 221 g/mol. The Morgan fingerprint density at radius 2 is 2.25 bits per heavy atom. The van der Waals surface area contributed by atoms with E-state index in [9.17, 15) is 4.39 Å². The van der Waals surface area contributed by atoms with Crippen molar-refractivity contribution in [1.82, 2.24) is 5.32 Å². The van der Waals surface area contributed by atoms with Crippen molar-refractivity contribution in [2.45, 2.75) is 38.6 Å². The molecule has 1 aromatic carbocycles. The third-order valence-electron chi connectivity index (χ3n) is 3.18. The van der Waals surface area contributed by atoms with Crippen LogP contribution in [0.5, 0.6) is 0 Å². The van der Waals surface area contributed by atoms with E-state index in [4.69, 9.17) is 0 Å². The predicted octanol–water partition coefficient (Wildman–Crippen LogP) is 3.15. The summed E-state index contributed by atoms with van der Waals surface area (Å²) in [5, 5.41) is 3.50. The molecule has 2 rings (SSSR count). The summed E-state index contributed by atoms with van der Waals surface area (Å²) in [5.41, 5.74) is 1.08. The Hall–Kier alpha value is -0.890. The van der Waals surface area contributed by atoms with Crippen LogP contribution in [0.2, 0.25) is 0 Å². The van der Waals surface area contributed by atoms with Crippen molar-refractivity contribution < 1.29 is 4.39 Å². The van der Waals surface area contributed by atoms with Crippen LogP contribution in [0.25, 0.3) is 0 Å². The van der Waals surface area contributed by atoms with Gasteiger partial charge in [-0.25, -0.2) is 4.39 Å². The molecule has 0 amide bonds. The number of nitrogens with one attached hydrogen (secondary N) is 1. The van der Waals surface area contributed by atoms with Crippen LogP contribution in [0, 0.1) is 11.7 Å². The van der Waals surface area contributed by atoms with E-state index >= 15 is 0 Å². The van der Waals surface area contributed by atoms with Gasteiger partial charge in [-0.2, -0.15) is 0 Å². The quantitative estimate of drug-likeness (QED) is 0.778. The molecule has 1 aliphatic rings. The summed E-state index contributed by atoms with van der Waals surface area (Å²) in [6, 6.07) is 7.47. The van der Waals surface area contributed by atoms with Gasteiger partial charge in [0.15, 0.2) is 0 Å². The summed E-state index contributed by atoms with van der Waals surface area (Å²) in [7, 11) is 0. The molecule has 1 atom stereocenters. The summed E-state index contributed by atoms with van der Waals surface area (Å²) in [5.74, 6) is 0.834. The minimum atomic E-state index is -0.136. The molecule has 0 bridgehead atoms. The highest BCUT2D eigenvalue weighted by molar-refractivity contribution is 5.16. The zero-order chi connectivity index (χ0) is 11.4. The minimum Gasteiger partial charge on any atom is -0.314 e. The van der Waals surface area contributed by atoms with E-state index in [1.807, 2.05) is 6.07 Å². The van der Waals surface area contributed by atoms with Crippen molar-refractivity contribution in [3.63, 3.8) is 0 Å². The van der Waals surface area contributed by atoms with E-state index < -0.39 is 0 Å². The second kappa shape index (κ2) is 5.44. The summed E-state index contributed by atoms with van der Waals surface area (Å²) < 4.78 is 12.9. The number of rotatable bonds is 6. The van der Waals surface area contributed by atoms with Gasteiger partial charge < -0.3 is 5.32 Å². The second-order valence-corrected chi connectivity index (χ2v) is 4.91. The maximum atomic E-state index is 12.9. The lowest BCUT2D eigenvalue weighted by atomic mass is 10.1. The first-order valence-electron chi connectivity index (χ1n) is 6.22. The van der Waals surface area contributed by atoms with Crippen LogP contribution >= 0.6 is 0 Å². The number of hydrogen-bond donors (Lipinski definition) is 1. The molecule has 1 saturated carbocycles. The predicted molar refractivity (Wildman–Crippen MR) is 64.9 cm³/mol. The van der Waals surface area contributed by atoms with E-state index in [0.717, 1.165) is 24.4 Å². The van der Waals surface area contributed by atoms with Gasteiger partial charge in [0.25, 0.3) is 0 Å². The van der Waals surface area contributed by atoms with Crippen LogP contribution in [0.3, 0.4) is 0 Å². The Bertz CT molecular complexity index is 333. The van der Waals surface area contributed by atoms with E-state index in [1.165, 1.54) is 25.3 Å². The lowest BCUT2D eigenvalue weighted by Crippen LogP contribution is -2.28. The van der Waals surface area contributed by atoms with Crippen molar-refractivity contribution in [2.75, 3.05) is 6.54 Å². The fraction of sp³-hybridized carbons (Fsp3) is 0.571. The third kappa shape index (κ3) is 3.93. The van der Waals surface area contributed by atoms with E-state index in [1.54, 1.807) is 12.1 Å². The molecule has 1 fully saturated rings. The molecule has 88 valence electrons. The fourth-order valence-electron chi connectivity index (χ4n) is 2.09. The van der Waals surface area contributed by atoms with Gasteiger partial charge in [0, 0.05) is 6.04 Å². The smallest absolute Gasteiger partial charge is 0.123 e. The molecule has 0 aliphatic heterocycles. The van der Waals surface area contributed by atoms with Gasteiger partial charge in [-0.1, -0.05) is 25.0 Å². The average Bonchev–Trinajstić information content (AvgIpc) is 3.02. The maximum absolute atomic E-state index is 12.9. The molecular formula is C14H20FN. The number of benzene rings is 1. The highest BCUT2D eigenvalue weighted by Crippen LogP contribution is 2.33. The van der Waals surface area contributed by atoms with Crippen molar-refractivity contribution >= 4 is 0 Å². The first-order chi connectivity index (χ1) is 7.74. The normalized spacial score (nSPS) is 17.4. The van der Waals surface area contributed by atoms with E-state index in [0.29, 0.717) is 6.04 Å². The topological polar surface area (TPSA) is 12.0 Å². The van der Waals surface area contributed by atoms with Crippen LogP contribution in [-0.4, -0.2) is 12.6 Å². The van der Waals surface area contributed by atoms with Gasteiger partial charge in [0.05, 0.1) is 0 Å². The van der Waals surface area contributed by atoms with Gasteiger partial charge in [-0.15, -0.1) is 0 Å². The number of halogens is 1. The van der Waals surface area contributed by atoms with E-state index in [-0.39, 0.29) is 5.82 Å². The van der Waals surface area contributed by atoms with E-state index in [2.05, 4.69) is 12.2 Å². The summed E-state index contributed by atoms with van der Waals surface area (Å²) >= 11 is 0.